The average Bonchev–Trinajstić information content (AvgIpc) is 3.44. The third-order valence-electron chi connectivity index (χ3n) is 6.61. The zero-order valence-corrected chi connectivity index (χ0v) is 19.9. The molecule has 5 rings (SSSR count). The molecule has 1 aromatic heterocycles. The second kappa shape index (κ2) is 9.62. The van der Waals surface area contributed by atoms with E-state index in [1.54, 1.807) is 19.1 Å². The fraction of sp³-hybridized carbons (Fsp3) is 0.250. The highest BCUT2D eigenvalue weighted by Gasteiger charge is 2.34. The van der Waals surface area contributed by atoms with Gasteiger partial charge in [-0.1, -0.05) is 42.5 Å². The number of anilines is 1. The summed E-state index contributed by atoms with van der Waals surface area (Å²) in [6.45, 7) is 1.26. The number of imidazole rings is 1. The van der Waals surface area contributed by atoms with Crippen LogP contribution in [0.5, 0.6) is 5.75 Å². The number of hydrogen-bond donors (Lipinski definition) is 0. The van der Waals surface area contributed by atoms with E-state index >= 15 is 0 Å². The van der Waals surface area contributed by atoms with E-state index in [9.17, 15) is 9.59 Å². The van der Waals surface area contributed by atoms with Crippen molar-refractivity contribution in [2.75, 3.05) is 25.6 Å². The SMILES string of the molecule is COc1ccc(CN2CC(c3nc4ccccc4n3CC(=O)N(C)c3ccccc3)CC2=O)cc1. The van der Waals surface area contributed by atoms with Crippen molar-refractivity contribution < 1.29 is 14.3 Å². The highest BCUT2D eigenvalue weighted by Crippen LogP contribution is 2.31. The minimum Gasteiger partial charge on any atom is -0.497 e. The van der Waals surface area contributed by atoms with Crippen molar-refractivity contribution in [3.63, 3.8) is 0 Å². The van der Waals surface area contributed by atoms with Gasteiger partial charge in [-0.15, -0.1) is 0 Å². The van der Waals surface area contributed by atoms with Crippen LogP contribution in [0.3, 0.4) is 0 Å². The van der Waals surface area contributed by atoms with Crippen molar-refractivity contribution in [1.82, 2.24) is 14.5 Å². The van der Waals surface area contributed by atoms with Gasteiger partial charge in [0, 0.05) is 38.2 Å². The third-order valence-corrected chi connectivity index (χ3v) is 6.61. The maximum Gasteiger partial charge on any atom is 0.246 e. The molecule has 0 bridgehead atoms. The minimum atomic E-state index is -0.0806. The lowest BCUT2D eigenvalue weighted by Gasteiger charge is -2.20. The highest BCUT2D eigenvalue weighted by molar-refractivity contribution is 5.93. The third kappa shape index (κ3) is 4.62. The van der Waals surface area contributed by atoms with Gasteiger partial charge < -0.3 is 19.1 Å². The molecule has 0 radical (unpaired) electrons. The number of nitrogens with zero attached hydrogens (tertiary/aromatic N) is 4. The first-order chi connectivity index (χ1) is 17.0. The second-order valence-electron chi connectivity index (χ2n) is 8.86. The Kier molecular flexibility index (Phi) is 6.23. The lowest BCUT2D eigenvalue weighted by atomic mass is 10.1. The standard InChI is InChI=1S/C28H28N4O3/c1-30(22-8-4-3-5-9-22)27(34)19-32-25-11-7-6-10-24(25)29-28(32)21-16-26(33)31(18-21)17-20-12-14-23(35-2)15-13-20/h3-15,21H,16-19H2,1-2H3. The van der Waals surface area contributed by atoms with Crippen LogP contribution in [-0.4, -0.2) is 47.0 Å². The van der Waals surface area contributed by atoms with Crippen LogP contribution in [0, 0.1) is 0 Å². The molecular formula is C28H28N4O3. The summed E-state index contributed by atoms with van der Waals surface area (Å²) < 4.78 is 7.21. The summed E-state index contributed by atoms with van der Waals surface area (Å²) in [5.41, 5.74) is 3.62. The number of carbonyl (C=O) groups excluding carboxylic acids is 2. The predicted octanol–water partition coefficient (Wildman–Crippen LogP) is 4.22. The quantitative estimate of drug-likeness (QED) is 0.407. The van der Waals surface area contributed by atoms with E-state index in [4.69, 9.17) is 9.72 Å². The minimum absolute atomic E-state index is 0.0417. The maximum atomic E-state index is 13.2. The van der Waals surface area contributed by atoms with E-state index in [0.717, 1.165) is 33.9 Å². The van der Waals surface area contributed by atoms with Crippen LogP contribution in [0.1, 0.15) is 23.7 Å². The smallest absolute Gasteiger partial charge is 0.246 e. The second-order valence-corrected chi connectivity index (χ2v) is 8.86. The molecule has 1 fully saturated rings. The van der Waals surface area contributed by atoms with Gasteiger partial charge in [0.1, 0.15) is 18.1 Å². The Balaban J connectivity index is 1.39. The molecule has 1 aliphatic heterocycles. The number of amides is 2. The van der Waals surface area contributed by atoms with E-state index in [-0.39, 0.29) is 24.3 Å². The Bertz CT molecular complexity index is 1350. The summed E-state index contributed by atoms with van der Waals surface area (Å²) in [5.74, 6) is 1.55. The van der Waals surface area contributed by atoms with Crippen molar-refractivity contribution >= 4 is 28.5 Å². The number of carbonyl (C=O) groups is 2. The summed E-state index contributed by atoms with van der Waals surface area (Å²) in [7, 11) is 3.42. The van der Waals surface area contributed by atoms with E-state index in [0.29, 0.717) is 19.5 Å². The Hall–Kier alpha value is -4.13. The van der Waals surface area contributed by atoms with Crippen molar-refractivity contribution in [1.29, 1.82) is 0 Å². The van der Waals surface area contributed by atoms with Gasteiger partial charge in [0.2, 0.25) is 11.8 Å². The molecule has 0 spiro atoms. The van der Waals surface area contributed by atoms with Gasteiger partial charge in [0.15, 0.2) is 0 Å². The summed E-state index contributed by atoms with van der Waals surface area (Å²) >= 11 is 0. The molecule has 0 aliphatic carbocycles. The molecule has 0 N–H and O–H groups in total. The molecule has 4 aromatic rings. The normalized spacial score (nSPS) is 15.5. The molecule has 0 saturated carbocycles. The molecule has 1 saturated heterocycles. The monoisotopic (exact) mass is 468 g/mol. The fourth-order valence-corrected chi connectivity index (χ4v) is 4.66. The molecule has 2 heterocycles. The van der Waals surface area contributed by atoms with Crippen LogP contribution in [-0.2, 0) is 22.7 Å². The largest absolute Gasteiger partial charge is 0.497 e. The predicted molar refractivity (Wildman–Crippen MR) is 135 cm³/mol. The van der Waals surface area contributed by atoms with Crippen molar-refractivity contribution in [3.05, 3.63) is 90.3 Å². The van der Waals surface area contributed by atoms with E-state index in [2.05, 4.69) is 0 Å². The molecule has 1 unspecified atom stereocenters. The number of ether oxygens (including phenoxy) is 1. The van der Waals surface area contributed by atoms with Crippen LogP contribution < -0.4 is 9.64 Å². The van der Waals surface area contributed by atoms with Gasteiger partial charge in [-0.3, -0.25) is 9.59 Å². The van der Waals surface area contributed by atoms with E-state index in [1.165, 1.54) is 0 Å². The molecule has 3 aromatic carbocycles. The van der Waals surface area contributed by atoms with Crippen molar-refractivity contribution in [2.24, 2.45) is 0 Å². The van der Waals surface area contributed by atoms with Gasteiger partial charge in [-0.2, -0.15) is 0 Å². The summed E-state index contributed by atoms with van der Waals surface area (Å²) in [4.78, 5) is 34.6. The molecule has 1 aliphatic rings. The molecule has 2 amide bonds. The summed E-state index contributed by atoms with van der Waals surface area (Å²) in [5, 5.41) is 0. The van der Waals surface area contributed by atoms with Gasteiger partial charge in [0.25, 0.3) is 0 Å². The van der Waals surface area contributed by atoms with Crippen molar-refractivity contribution in [3.8, 4) is 5.75 Å². The van der Waals surface area contributed by atoms with Crippen LogP contribution in [0.2, 0.25) is 0 Å². The number of likely N-dealkylation sites (N-methyl/N-ethyl adjacent to an activating group) is 1. The number of para-hydroxylation sites is 3. The first-order valence-corrected chi connectivity index (χ1v) is 11.7. The first-order valence-electron chi connectivity index (χ1n) is 11.7. The highest BCUT2D eigenvalue weighted by atomic mass is 16.5. The lowest BCUT2D eigenvalue weighted by Crippen LogP contribution is -2.31. The maximum absolute atomic E-state index is 13.2. The van der Waals surface area contributed by atoms with E-state index in [1.807, 2.05) is 88.3 Å². The average molecular weight is 469 g/mol. The van der Waals surface area contributed by atoms with Gasteiger partial charge in [-0.05, 0) is 42.0 Å². The molecule has 35 heavy (non-hydrogen) atoms. The number of aromatic nitrogens is 2. The molecule has 7 heteroatoms. The zero-order chi connectivity index (χ0) is 24.4. The van der Waals surface area contributed by atoms with Gasteiger partial charge in [0.05, 0.1) is 18.1 Å². The molecular weight excluding hydrogens is 440 g/mol. The lowest BCUT2D eigenvalue weighted by molar-refractivity contribution is -0.128. The van der Waals surface area contributed by atoms with Crippen LogP contribution in [0.4, 0.5) is 5.69 Å². The Morgan fingerprint density at radius 1 is 1.03 bits per heavy atom. The van der Waals surface area contributed by atoms with Crippen LogP contribution in [0.15, 0.2) is 78.9 Å². The first kappa shape index (κ1) is 22.7. The number of likely N-dealkylation sites (tertiary alicyclic amines) is 1. The van der Waals surface area contributed by atoms with Gasteiger partial charge in [-0.25, -0.2) is 4.98 Å². The van der Waals surface area contributed by atoms with Crippen LogP contribution >= 0.6 is 0 Å². The Morgan fingerprint density at radius 2 is 1.74 bits per heavy atom. The number of rotatable bonds is 7. The van der Waals surface area contributed by atoms with Crippen molar-refractivity contribution in [2.45, 2.75) is 25.4 Å². The number of hydrogen-bond acceptors (Lipinski definition) is 4. The topological polar surface area (TPSA) is 67.7 Å². The molecule has 178 valence electrons. The Morgan fingerprint density at radius 3 is 2.49 bits per heavy atom. The molecule has 1 atom stereocenters. The summed E-state index contributed by atoms with van der Waals surface area (Å²) in [6.07, 6.45) is 0.377. The fourth-order valence-electron chi connectivity index (χ4n) is 4.66. The number of fused-ring (bicyclic) bond motifs is 1. The molecule has 7 nitrogen and oxygen atoms in total. The Labute approximate surface area is 204 Å². The zero-order valence-electron chi connectivity index (χ0n) is 19.9. The number of benzene rings is 3. The van der Waals surface area contributed by atoms with Crippen LogP contribution in [0.25, 0.3) is 11.0 Å². The summed E-state index contributed by atoms with van der Waals surface area (Å²) in [6, 6.07) is 25.2. The van der Waals surface area contributed by atoms with E-state index < -0.39 is 0 Å². The van der Waals surface area contributed by atoms with Gasteiger partial charge >= 0.3 is 0 Å². The number of methoxy groups -OCH3 is 1.